The van der Waals surface area contributed by atoms with Crippen LogP contribution in [0.1, 0.15) is 5.56 Å². The molecule has 0 radical (unpaired) electrons. The third-order valence-electron chi connectivity index (χ3n) is 4.48. The van der Waals surface area contributed by atoms with Crippen molar-refractivity contribution in [3.05, 3.63) is 35.9 Å². The highest BCUT2D eigenvalue weighted by molar-refractivity contribution is 6.09. The monoisotopic (exact) mass is 378 g/mol. The van der Waals surface area contributed by atoms with Gasteiger partial charge in [-0.15, -0.1) is 0 Å². The Balaban J connectivity index is 1.84. The normalized spacial score (nSPS) is 15.6. The van der Waals surface area contributed by atoms with E-state index in [1.54, 1.807) is 9.80 Å². The minimum atomic E-state index is -0.493. The maximum Gasteiger partial charge on any atom is 0.248 e. The maximum atomic E-state index is 12.9. The third-order valence-corrected chi connectivity index (χ3v) is 4.48. The lowest BCUT2D eigenvalue weighted by molar-refractivity contribution is -0.116. The van der Waals surface area contributed by atoms with Gasteiger partial charge in [0.1, 0.15) is 17.2 Å². The Morgan fingerprint density at radius 2 is 1.50 bits per heavy atom. The molecule has 0 saturated carbocycles. The number of carbonyl (C=O) groups is 1. The first-order valence-corrected chi connectivity index (χ1v) is 8.98. The van der Waals surface area contributed by atoms with Crippen LogP contribution in [-0.2, 0) is 11.2 Å². The summed E-state index contributed by atoms with van der Waals surface area (Å²) < 4.78 is 0. The van der Waals surface area contributed by atoms with E-state index in [0.717, 1.165) is 5.56 Å². The van der Waals surface area contributed by atoms with Crippen LogP contribution in [0.15, 0.2) is 30.3 Å². The molecule has 0 saturated heterocycles. The van der Waals surface area contributed by atoms with Crippen LogP contribution in [-0.4, -0.2) is 60.1 Å². The van der Waals surface area contributed by atoms with Crippen molar-refractivity contribution in [2.75, 3.05) is 48.6 Å². The van der Waals surface area contributed by atoms with Gasteiger partial charge in [-0.2, -0.15) is 19.9 Å². The molecule has 4 rings (SSSR count). The lowest BCUT2D eigenvalue weighted by Gasteiger charge is -2.17. The smallest absolute Gasteiger partial charge is 0.248 e. The summed E-state index contributed by atoms with van der Waals surface area (Å²) in [4.78, 5) is 34.7. The fourth-order valence-electron chi connectivity index (χ4n) is 3.03. The Labute approximate surface area is 162 Å². The van der Waals surface area contributed by atoms with E-state index in [9.17, 15) is 4.79 Å². The van der Waals surface area contributed by atoms with Crippen LogP contribution >= 0.6 is 0 Å². The zero-order valence-corrected chi connectivity index (χ0v) is 16.3. The zero-order chi connectivity index (χ0) is 19.8. The molecule has 1 unspecified atom stereocenters. The maximum absolute atomic E-state index is 12.9. The lowest BCUT2D eigenvalue weighted by Crippen LogP contribution is -2.35. The van der Waals surface area contributed by atoms with Gasteiger partial charge in [0.05, 0.1) is 0 Å². The number of nitrogens with one attached hydrogen (secondary N) is 2. The average Bonchev–Trinajstić information content (AvgIpc) is 2.79. The van der Waals surface area contributed by atoms with E-state index >= 15 is 0 Å². The molecule has 1 aliphatic rings. The third kappa shape index (κ3) is 3.26. The first-order valence-electron chi connectivity index (χ1n) is 8.98. The summed E-state index contributed by atoms with van der Waals surface area (Å²) in [6.07, 6.45) is 0.525. The lowest BCUT2D eigenvalue weighted by atomic mass is 10.1. The fourth-order valence-corrected chi connectivity index (χ4v) is 3.03. The molecule has 28 heavy (non-hydrogen) atoms. The predicted octanol–water partition coefficient (Wildman–Crippen LogP) is 1.53. The molecule has 9 nitrogen and oxygen atoms in total. The molecule has 2 aromatic heterocycles. The number of carbonyl (C=O) groups excluding carboxylic acids is 1. The minimum Gasteiger partial charge on any atom is -0.357 e. The van der Waals surface area contributed by atoms with Crippen LogP contribution in [0.5, 0.6) is 0 Å². The number of hydrogen-bond acceptors (Lipinski definition) is 8. The number of aromatic nitrogens is 4. The van der Waals surface area contributed by atoms with Gasteiger partial charge in [-0.25, -0.2) is 0 Å². The van der Waals surface area contributed by atoms with Gasteiger partial charge in [-0.05, 0) is 5.56 Å². The molecule has 2 N–H and O–H groups in total. The molecule has 0 bridgehead atoms. The highest BCUT2D eigenvalue weighted by Crippen LogP contribution is 2.32. The Morgan fingerprint density at radius 3 is 2.11 bits per heavy atom. The van der Waals surface area contributed by atoms with Gasteiger partial charge in [0.2, 0.25) is 17.8 Å². The summed E-state index contributed by atoms with van der Waals surface area (Å²) in [6, 6.07) is 9.37. The number of amides is 1. The summed E-state index contributed by atoms with van der Waals surface area (Å²) in [5.74, 6) is 1.78. The van der Waals surface area contributed by atoms with Crippen molar-refractivity contribution in [3.63, 3.8) is 0 Å². The highest BCUT2D eigenvalue weighted by Gasteiger charge is 2.28. The van der Waals surface area contributed by atoms with Crippen molar-refractivity contribution < 1.29 is 4.79 Å². The van der Waals surface area contributed by atoms with Crippen LogP contribution in [0.3, 0.4) is 0 Å². The SMILES string of the molecule is CN(C)c1nc2c3c(nc(N(C)C)nc3n1)NC(Cc1ccccc1)C(=O)N2. The van der Waals surface area contributed by atoms with E-state index in [4.69, 9.17) is 0 Å². The summed E-state index contributed by atoms with van der Waals surface area (Å²) in [6.45, 7) is 0. The first-order chi connectivity index (χ1) is 13.4. The summed E-state index contributed by atoms with van der Waals surface area (Å²) in [7, 11) is 7.42. The molecule has 0 aliphatic carbocycles. The highest BCUT2D eigenvalue weighted by atomic mass is 16.2. The number of hydrogen-bond donors (Lipinski definition) is 2. The van der Waals surface area contributed by atoms with Crippen molar-refractivity contribution in [1.29, 1.82) is 0 Å². The number of nitrogens with zero attached hydrogens (tertiary/aromatic N) is 6. The van der Waals surface area contributed by atoms with E-state index in [1.807, 2.05) is 58.5 Å². The Morgan fingerprint density at radius 1 is 0.893 bits per heavy atom. The van der Waals surface area contributed by atoms with Crippen molar-refractivity contribution in [2.45, 2.75) is 12.5 Å². The molecule has 0 fully saturated rings. The number of anilines is 4. The second-order valence-electron chi connectivity index (χ2n) is 7.11. The predicted molar refractivity (Wildman–Crippen MR) is 110 cm³/mol. The van der Waals surface area contributed by atoms with Crippen molar-refractivity contribution in [2.24, 2.45) is 0 Å². The fraction of sp³-hybridized carbons (Fsp3) is 0.316. The van der Waals surface area contributed by atoms with E-state index in [1.165, 1.54) is 0 Å². The average molecular weight is 378 g/mol. The Kier molecular flexibility index (Phi) is 4.42. The minimum absolute atomic E-state index is 0.169. The largest absolute Gasteiger partial charge is 0.357 e. The zero-order valence-electron chi connectivity index (χ0n) is 16.3. The summed E-state index contributed by atoms with van der Waals surface area (Å²) >= 11 is 0. The molecule has 3 heterocycles. The van der Waals surface area contributed by atoms with E-state index < -0.39 is 6.04 Å². The van der Waals surface area contributed by atoms with Gasteiger partial charge < -0.3 is 20.4 Å². The standard InChI is InChI=1S/C19H22N8O/c1-26(2)18-22-14-13-15(23-19(27(3)4)25-16(13)24-18)21-17(28)12(20-14)10-11-8-6-5-7-9-11/h5-9,12H,10H2,1-4H3,(H2,20,21,22,23,24,25,28). The van der Waals surface area contributed by atoms with Crippen molar-refractivity contribution >= 4 is 40.5 Å². The van der Waals surface area contributed by atoms with Crippen molar-refractivity contribution in [3.8, 4) is 0 Å². The van der Waals surface area contributed by atoms with E-state index in [0.29, 0.717) is 41.0 Å². The Hall–Kier alpha value is -3.49. The van der Waals surface area contributed by atoms with Crippen LogP contribution in [0, 0.1) is 0 Å². The topological polar surface area (TPSA) is 99.2 Å². The molecule has 1 aromatic carbocycles. The van der Waals surface area contributed by atoms with Gasteiger partial charge in [-0.3, -0.25) is 4.79 Å². The number of rotatable bonds is 4. The first kappa shape index (κ1) is 17.9. The molecule has 3 aromatic rings. The van der Waals surface area contributed by atoms with Crippen molar-refractivity contribution in [1.82, 2.24) is 19.9 Å². The van der Waals surface area contributed by atoms with Gasteiger partial charge in [0.15, 0.2) is 11.5 Å². The molecule has 1 amide bonds. The summed E-state index contributed by atoms with van der Waals surface area (Å²) in [5.41, 5.74) is 1.54. The van der Waals surface area contributed by atoms with Gasteiger partial charge >= 0.3 is 0 Å². The van der Waals surface area contributed by atoms with Gasteiger partial charge in [-0.1, -0.05) is 30.3 Å². The second-order valence-corrected chi connectivity index (χ2v) is 7.11. The van der Waals surface area contributed by atoms with Crippen LogP contribution < -0.4 is 20.4 Å². The molecule has 0 spiro atoms. The Bertz CT molecular complexity index is 1030. The summed E-state index contributed by atoms with van der Waals surface area (Å²) in [5, 5.41) is 6.82. The molecule has 1 aliphatic heterocycles. The van der Waals surface area contributed by atoms with Gasteiger partial charge in [0.25, 0.3) is 0 Å². The van der Waals surface area contributed by atoms with Gasteiger partial charge in [0, 0.05) is 34.6 Å². The van der Waals surface area contributed by atoms with E-state index in [2.05, 4.69) is 30.6 Å². The quantitative estimate of drug-likeness (QED) is 0.705. The molecule has 9 heteroatoms. The molecular formula is C19H22N8O. The second kappa shape index (κ2) is 6.91. The van der Waals surface area contributed by atoms with E-state index in [-0.39, 0.29) is 5.91 Å². The molecular weight excluding hydrogens is 356 g/mol. The van der Waals surface area contributed by atoms with Crippen LogP contribution in [0.25, 0.3) is 11.0 Å². The molecule has 144 valence electrons. The number of benzene rings is 1. The van der Waals surface area contributed by atoms with Crippen LogP contribution in [0.4, 0.5) is 23.5 Å². The molecule has 1 atom stereocenters. The van der Waals surface area contributed by atoms with Crippen LogP contribution in [0.2, 0.25) is 0 Å².